The topological polar surface area (TPSA) is 47.9 Å². The van der Waals surface area contributed by atoms with Crippen molar-refractivity contribution in [3.63, 3.8) is 0 Å². The summed E-state index contributed by atoms with van der Waals surface area (Å²) in [5.74, 6) is -0.166. The van der Waals surface area contributed by atoms with Gasteiger partial charge >= 0.3 is 5.97 Å². The van der Waals surface area contributed by atoms with Gasteiger partial charge in [-0.2, -0.15) is 0 Å². The van der Waals surface area contributed by atoms with Crippen molar-refractivity contribution in [2.45, 2.75) is 44.6 Å². The zero-order valence-electron chi connectivity index (χ0n) is 9.07. The molecule has 0 radical (unpaired) electrons. The van der Waals surface area contributed by atoms with Gasteiger partial charge in [-0.3, -0.25) is 0 Å². The van der Waals surface area contributed by atoms with Gasteiger partial charge in [-0.15, -0.1) is 0 Å². The monoisotopic (exact) mass is 211 g/mol. The van der Waals surface area contributed by atoms with Gasteiger partial charge < -0.3 is 9.57 Å². The number of carbonyl (C=O) groups is 1. The SMILES string of the molecule is COC(=O)C1=NOC2CCCCCCC12. The number of hydrogen-bond donors (Lipinski definition) is 0. The number of hydrogen-bond acceptors (Lipinski definition) is 4. The van der Waals surface area contributed by atoms with Gasteiger partial charge in [0.2, 0.25) is 0 Å². The van der Waals surface area contributed by atoms with E-state index in [1.54, 1.807) is 0 Å². The van der Waals surface area contributed by atoms with Crippen molar-refractivity contribution >= 4 is 11.7 Å². The Hall–Kier alpha value is -1.06. The summed E-state index contributed by atoms with van der Waals surface area (Å²) in [6.07, 6.45) is 6.95. The second kappa shape index (κ2) is 4.64. The molecule has 1 aliphatic carbocycles. The van der Waals surface area contributed by atoms with E-state index >= 15 is 0 Å². The van der Waals surface area contributed by atoms with Crippen LogP contribution in [0.15, 0.2) is 5.16 Å². The molecule has 0 saturated heterocycles. The number of ether oxygens (including phenoxy) is 1. The summed E-state index contributed by atoms with van der Waals surface area (Å²) in [6, 6.07) is 0. The molecule has 1 fully saturated rings. The Labute approximate surface area is 89.6 Å². The van der Waals surface area contributed by atoms with Crippen molar-refractivity contribution in [3.05, 3.63) is 0 Å². The van der Waals surface area contributed by atoms with Gasteiger partial charge in [-0.1, -0.05) is 24.4 Å². The minimum Gasteiger partial charge on any atom is -0.464 e. The van der Waals surface area contributed by atoms with Crippen molar-refractivity contribution in [2.75, 3.05) is 7.11 Å². The van der Waals surface area contributed by atoms with Crippen LogP contribution in [0.1, 0.15) is 38.5 Å². The van der Waals surface area contributed by atoms with Crippen LogP contribution < -0.4 is 0 Å². The molecule has 15 heavy (non-hydrogen) atoms. The van der Waals surface area contributed by atoms with E-state index in [2.05, 4.69) is 5.16 Å². The van der Waals surface area contributed by atoms with E-state index in [9.17, 15) is 4.79 Å². The highest BCUT2D eigenvalue weighted by Crippen LogP contribution is 2.30. The Morgan fingerprint density at radius 3 is 2.80 bits per heavy atom. The first-order chi connectivity index (χ1) is 7.33. The normalized spacial score (nSPS) is 30.6. The third kappa shape index (κ3) is 2.13. The summed E-state index contributed by atoms with van der Waals surface area (Å²) in [5, 5.41) is 3.88. The minimum atomic E-state index is -0.330. The van der Waals surface area contributed by atoms with Crippen LogP contribution >= 0.6 is 0 Å². The van der Waals surface area contributed by atoms with Gasteiger partial charge in [0, 0.05) is 0 Å². The van der Waals surface area contributed by atoms with E-state index in [0.29, 0.717) is 5.71 Å². The molecule has 2 aliphatic rings. The highest BCUT2D eigenvalue weighted by Gasteiger charge is 2.38. The summed E-state index contributed by atoms with van der Waals surface area (Å²) in [7, 11) is 1.39. The van der Waals surface area contributed by atoms with Crippen molar-refractivity contribution in [2.24, 2.45) is 11.1 Å². The lowest BCUT2D eigenvalue weighted by Gasteiger charge is -2.20. The molecule has 84 valence electrons. The van der Waals surface area contributed by atoms with Crippen molar-refractivity contribution in [3.8, 4) is 0 Å². The fraction of sp³-hybridized carbons (Fsp3) is 0.818. The predicted molar refractivity (Wildman–Crippen MR) is 55.5 cm³/mol. The first-order valence-corrected chi connectivity index (χ1v) is 5.65. The van der Waals surface area contributed by atoms with E-state index in [4.69, 9.17) is 9.57 Å². The summed E-state index contributed by atoms with van der Waals surface area (Å²) < 4.78 is 4.71. The Morgan fingerprint density at radius 1 is 1.33 bits per heavy atom. The van der Waals surface area contributed by atoms with E-state index < -0.39 is 0 Å². The lowest BCUT2D eigenvalue weighted by atomic mass is 9.86. The van der Waals surface area contributed by atoms with Crippen LogP contribution in [0.3, 0.4) is 0 Å². The first kappa shape index (κ1) is 10.5. The summed E-state index contributed by atoms with van der Waals surface area (Å²) in [6.45, 7) is 0. The number of esters is 1. The molecule has 0 aromatic heterocycles. The number of fused-ring (bicyclic) bond motifs is 1. The number of nitrogens with zero attached hydrogens (tertiary/aromatic N) is 1. The fourth-order valence-electron chi connectivity index (χ4n) is 2.37. The van der Waals surface area contributed by atoms with E-state index in [1.807, 2.05) is 0 Å². The average molecular weight is 211 g/mol. The number of rotatable bonds is 1. The molecule has 2 atom stereocenters. The van der Waals surface area contributed by atoms with E-state index in [-0.39, 0.29) is 18.0 Å². The molecular weight excluding hydrogens is 194 g/mol. The molecule has 2 rings (SSSR count). The van der Waals surface area contributed by atoms with Crippen LogP contribution in [0.4, 0.5) is 0 Å². The van der Waals surface area contributed by atoms with Crippen LogP contribution in [0, 0.1) is 5.92 Å². The van der Waals surface area contributed by atoms with Crippen LogP contribution in [-0.4, -0.2) is 24.9 Å². The molecule has 1 aliphatic heterocycles. The highest BCUT2D eigenvalue weighted by atomic mass is 16.6. The summed E-state index contributed by atoms with van der Waals surface area (Å²) in [4.78, 5) is 16.7. The van der Waals surface area contributed by atoms with Crippen LogP contribution in [0.2, 0.25) is 0 Å². The quantitative estimate of drug-likeness (QED) is 0.622. The second-order valence-electron chi connectivity index (χ2n) is 4.21. The maximum atomic E-state index is 11.4. The van der Waals surface area contributed by atoms with Crippen LogP contribution in [-0.2, 0) is 14.4 Å². The molecule has 4 heteroatoms. The average Bonchev–Trinajstić information content (AvgIpc) is 2.59. The molecule has 0 aromatic carbocycles. The van der Waals surface area contributed by atoms with Gasteiger partial charge in [0.25, 0.3) is 0 Å². The van der Waals surface area contributed by atoms with Crippen molar-refractivity contribution in [1.29, 1.82) is 0 Å². The third-order valence-electron chi connectivity index (χ3n) is 3.23. The zero-order valence-corrected chi connectivity index (χ0v) is 9.07. The molecule has 2 unspecified atom stereocenters. The lowest BCUT2D eigenvalue weighted by Crippen LogP contribution is -2.30. The largest absolute Gasteiger partial charge is 0.464 e. The highest BCUT2D eigenvalue weighted by molar-refractivity contribution is 6.37. The Balaban J connectivity index is 2.05. The molecule has 1 saturated carbocycles. The molecule has 0 amide bonds. The zero-order chi connectivity index (χ0) is 10.7. The summed E-state index contributed by atoms with van der Waals surface area (Å²) >= 11 is 0. The van der Waals surface area contributed by atoms with Crippen molar-refractivity contribution < 1.29 is 14.4 Å². The second-order valence-corrected chi connectivity index (χ2v) is 4.21. The Bertz CT molecular complexity index is 275. The minimum absolute atomic E-state index is 0.111. The first-order valence-electron chi connectivity index (χ1n) is 5.65. The van der Waals surface area contributed by atoms with Crippen LogP contribution in [0.5, 0.6) is 0 Å². The number of methoxy groups -OCH3 is 1. The fourth-order valence-corrected chi connectivity index (χ4v) is 2.37. The van der Waals surface area contributed by atoms with Crippen LogP contribution in [0.25, 0.3) is 0 Å². The summed E-state index contributed by atoms with van der Waals surface area (Å²) in [5.41, 5.74) is 0.490. The van der Waals surface area contributed by atoms with Gasteiger partial charge in [0.05, 0.1) is 13.0 Å². The standard InChI is InChI=1S/C11H17NO3/c1-14-11(13)10-8-6-4-2-3-5-7-9(8)15-12-10/h8-9H,2-7H2,1H3. The van der Waals surface area contributed by atoms with Gasteiger partial charge in [0.15, 0.2) is 5.71 Å². The van der Waals surface area contributed by atoms with Gasteiger partial charge in [-0.05, 0) is 19.3 Å². The molecule has 0 N–H and O–H groups in total. The lowest BCUT2D eigenvalue weighted by molar-refractivity contribution is -0.133. The maximum absolute atomic E-state index is 11.4. The number of carbonyl (C=O) groups excluding carboxylic acids is 1. The molecule has 1 heterocycles. The Kier molecular flexibility index (Phi) is 3.23. The third-order valence-corrected chi connectivity index (χ3v) is 3.23. The smallest absolute Gasteiger partial charge is 0.356 e. The van der Waals surface area contributed by atoms with Crippen molar-refractivity contribution in [1.82, 2.24) is 0 Å². The molecule has 4 nitrogen and oxygen atoms in total. The van der Waals surface area contributed by atoms with E-state index in [1.165, 1.54) is 26.4 Å². The van der Waals surface area contributed by atoms with E-state index in [0.717, 1.165) is 19.3 Å². The van der Waals surface area contributed by atoms with Gasteiger partial charge in [0.1, 0.15) is 6.10 Å². The molecule has 0 spiro atoms. The molecular formula is C11H17NO3. The predicted octanol–water partition coefficient (Wildman–Crippen LogP) is 1.88. The number of oxime groups is 1. The van der Waals surface area contributed by atoms with Gasteiger partial charge in [-0.25, -0.2) is 4.79 Å². The maximum Gasteiger partial charge on any atom is 0.356 e. The molecule has 0 bridgehead atoms. The molecule has 0 aromatic rings. The Morgan fingerprint density at radius 2 is 2.07 bits per heavy atom.